The Kier molecular flexibility index (Phi) is 8.09. The number of nitrogens with zero attached hydrogens (tertiary/aromatic N) is 2. The lowest BCUT2D eigenvalue weighted by atomic mass is 9.84. The van der Waals surface area contributed by atoms with Crippen molar-refractivity contribution in [1.29, 1.82) is 0 Å². The first-order chi connectivity index (χ1) is 18.5. The first-order valence-electron chi connectivity index (χ1n) is 13.0. The number of ether oxygens (including phenoxy) is 1. The first kappa shape index (κ1) is 26.4. The number of carbonyl (C=O) groups excluding carboxylic acids is 1. The summed E-state index contributed by atoms with van der Waals surface area (Å²) in [6.45, 7) is 2.53. The molecular weight excluding hydrogens is 502 g/mol. The van der Waals surface area contributed by atoms with Crippen LogP contribution in [0.3, 0.4) is 0 Å². The Balaban J connectivity index is 1.31. The van der Waals surface area contributed by atoms with Crippen LogP contribution in [0.15, 0.2) is 84.3 Å². The minimum atomic E-state index is -0.823. The highest BCUT2D eigenvalue weighted by Crippen LogP contribution is 2.38. The lowest BCUT2D eigenvalue weighted by Gasteiger charge is -2.38. The number of pyridine rings is 1. The molecule has 3 N–H and O–H groups in total. The van der Waals surface area contributed by atoms with Gasteiger partial charge >= 0.3 is 0 Å². The summed E-state index contributed by atoms with van der Waals surface area (Å²) in [6.07, 6.45) is 13.5. The summed E-state index contributed by atoms with van der Waals surface area (Å²) in [5.41, 5.74) is 2.69. The Morgan fingerprint density at radius 2 is 2.03 bits per heavy atom. The zero-order valence-corrected chi connectivity index (χ0v) is 21.9. The number of likely N-dealkylation sites (tertiary alicyclic amines) is 1. The van der Waals surface area contributed by atoms with Crippen LogP contribution in [0.25, 0.3) is 5.57 Å². The summed E-state index contributed by atoms with van der Waals surface area (Å²) in [5.74, 6) is 0.395. The van der Waals surface area contributed by atoms with Gasteiger partial charge in [-0.1, -0.05) is 42.0 Å². The molecule has 7 nitrogen and oxygen atoms in total. The molecule has 1 fully saturated rings. The van der Waals surface area contributed by atoms with E-state index in [0.29, 0.717) is 29.5 Å². The molecule has 5 rings (SSSR count). The number of halogens is 1. The topological polar surface area (TPSA) is 94.9 Å². The normalized spacial score (nSPS) is 21.4. The molecule has 0 bridgehead atoms. The van der Waals surface area contributed by atoms with Gasteiger partial charge in [0, 0.05) is 48.5 Å². The fourth-order valence-electron chi connectivity index (χ4n) is 5.19. The maximum absolute atomic E-state index is 12.8. The number of nitrogens with one attached hydrogen (secondary N) is 1. The van der Waals surface area contributed by atoms with Gasteiger partial charge in [-0.05, 0) is 66.8 Å². The van der Waals surface area contributed by atoms with Gasteiger partial charge in [-0.2, -0.15) is 0 Å². The Morgan fingerprint density at radius 3 is 2.79 bits per heavy atom. The molecule has 1 aromatic heterocycles. The van der Waals surface area contributed by atoms with Crippen LogP contribution >= 0.6 is 11.6 Å². The van der Waals surface area contributed by atoms with Crippen LogP contribution in [0.1, 0.15) is 30.4 Å². The molecule has 1 atom stereocenters. The van der Waals surface area contributed by atoms with Crippen molar-refractivity contribution in [3.05, 3.63) is 100 Å². The maximum Gasteiger partial charge on any atom is 0.231 e. The Labute approximate surface area is 227 Å². The number of aromatic nitrogens is 1. The quantitative estimate of drug-likeness (QED) is 0.498. The van der Waals surface area contributed by atoms with E-state index in [1.165, 1.54) is 0 Å². The monoisotopic (exact) mass is 533 g/mol. The number of hydrogen-bond acceptors (Lipinski definition) is 6. The van der Waals surface area contributed by atoms with E-state index >= 15 is 0 Å². The summed E-state index contributed by atoms with van der Waals surface area (Å²) in [6, 6.07) is 11.3. The molecule has 2 aromatic rings. The summed E-state index contributed by atoms with van der Waals surface area (Å²) < 4.78 is 6.16. The van der Waals surface area contributed by atoms with Gasteiger partial charge in [0.05, 0.1) is 18.1 Å². The van der Waals surface area contributed by atoms with Crippen molar-refractivity contribution in [3.8, 4) is 5.88 Å². The smallest absolute Gasteiger partial charge is 0.231 e. The number of aliphatic hydroxyl groups excluding tert-OH is 1. The van der Waals surface area contributed by atoms with Gasteiger partial charge in [-0.3, -0.25) is 4.79 Å². The Hall–Kier alpha value is -3.23. The molecule has 38 heavy (non-hydrogen) atoms. The second-order valence-electron chi connectivity index (χ2n) is 9.79. The fraction of sp³-hybridized carbons (Fsp3) is 0.333. The summed E-state index contributed by atoms with van der Waals surface area (Å²) >= 11 is 6.02. The highest BCUT2D eigenvalue weighted by Gasteiger charge is 2.34. The molecule has 0 spiro atoms. The second-order valence-corrected chi connectivity index (χ2v) is 10.2. The van der Waals surface area contributed by atoms with Crippen molar-refractivity contribution < 1.29 is 19.7 Å². The van der Waals surface area contributed by atoms with E-state index in [9.17, 15) is 9.90 Å². The number of benzene rings is 1. The van der Waals surface area contributed by atoms with Gasteiger partial charge in [0.2, 0.25) is 11.8 Å². The standard InChI is InChI=1S/C30H32ClN3O4/c31-23-10-8-22(9-11-23)30(37)12-17-34(18-13-30)16-3-4-21-20-26-25(28(36)32-15-19-35)5-1-7-27(26)38-29-24(21)6-2-14-33-29/h1-2,4-11,14,20,25,35,37H,3,12-13,15-19H2,(H,32,36). The van der Waals surface area contributed by atoms with E-state index in [1.807, 2.05) is 60.7 Å². The van der Waals surface area contributed by atoms with Gasteiger partial charge in [0.15, 0.2) is 0 Å². The van der Waals surface area contributed by atoms with Crippen molar-refractivity contribution in [1.82, 2.24) is 15.2 Å². The average Bonchev–Trinajstić information content (AvgIpc) is 3.09. The van der Waals surface area contributed by atoms with Crippen molar-refractivity contribution in [3.63, 3.8) is 0 Å². The minimum Gasteiger partial charge on any atom is -0.438 e. The van der Waals surface area contributed by atoms with Gasteiger partial charge in [0.1, 0.15) is 5.76 Å². The van der Waals surface area contributed by atoms with Crippen molar-refractivity contribution in [2.24, 2.45) is 5.92 Å². The first-order valence-corrected chi connectivity index (χ1v) is 13.4. The van der Waals surface area contributed by atoms with Crippen LogP contribution in [0, 0.1) is 5.92 Å². The van der Waals surface area contributed by atoms with Crippen molar-refractivity contribution in [2.75, 3.05) is 32.8 Å². The lowest BCUT2D eigenvalue weighted by Crippen LogP contribution is -2.42. The molecule has 2 aliphatic heterocycles. The lowest BCUT2D eigenvalue weighted by molar-refractivity contribution is -0.122. The third kappa shape index (κ3) is 5.76. The molecular formula is C30H32ClN3O4. The molecule has 3 heterocycles. The van der Waals surface area contributed by atoms with E-state index in [2.05, 4.69) is 21.3 Å². The zero-order chi connectivity index (χ0) is 26.5. The van der Waals surface area contributed by atoms with E-state index < -0.39 is 11.5 Å². The fourth-order valence-corrected chi connectivity index (χ4v) is 5.31. The van der Waals surface area contributed by atoms with Crippen LogP contribution in [-0.4, -0.2) is 58.8 Å². The van der Waals surface area contributed by atoms with E-state index in [-0.39, 0.29) is 19.1 Å². The minimum absolute atomic E-state index is 0.117. The van der Waals surface area contributed by atoms with Gasteiger partial charge in [0.25, 0.3) is 0 Å². The van der Waals surface area contributed by atoms with Gasteiger partial charge in [-0.25, -0.2) is 4.98 Å². The van der Waals surface area contributed by atoms with E-state index in [0.717, 1.165) is 48.3 Å². The summed E-state index contributed by atoms with van der Waals surface area (Å²) in [4.78, 5) is 19.6. The number of hydrogen-bond donors (Lipinski definition) is 3. The highest BCUT2D eigenvalue weighted by molar-refractivity contribution is 6.30. The van der Waals surface area contributed by atoms with Crippen LogP contribution in [0.2, 0.25) is 5.02 Å². The number of carbonyl (C=O) groups is 1. The predicted molar refractivity (Wildman–Crippen MR) is 147 cm³/mol. The SMILES string of the molecule is O=C(NCCO)C1C=CC=C2Oc3ncccc3C(=CCCN3CCC(O)(c4ccc(Cl)cc4)CC3)C=C21. The number of aliphatic hydroxyl groups is 2. The molecule has 1 saturated heterocycles. The molecule has 1 amide bonds. The maximum atomic E-state index is 12.8. The number of rotatable bonds is 7. The molecule has 1 aliphatic carbocycles. The van der Waals surface area contributed by atoms with Crippen LogP contribution in [0.5, 0.6) is 5.88 Å². The molecule has 198 valence electrons. The molecule has 8 heteroatoms. The average molecular weight is 534 g/mol. The Bertz CT molecular complexity index is 1290. The van der Waals surface area contributed by atoms with E-state index in [4.69, 9.17) is 21.4 Å². The van der Waals surface area contributed by atoms with Crippen molar-refractivity contribution >= 4 is 23.1 Å². The molecule has 0 radical (unpaired) electrons. The largest absolute Gasteiger partial charge is 0.438 e. The Morgan fingerprint density at radius 1 is 1.24 bits per heavy atom. The molecule has 0 saturated carbocycles. The number of amides is 1. The molecule has 3 aliphatic rings. The second kappa shape index (κ2) is 11.7. The van der Waals surface area contributed by atoms with E-state index in [1.54, 1.807) is 6.20 Å². The van der Waals surface area contributed by atoms with Crippen LogP contribution in [-0.2, 0) is 10.4 Å². The number of fused-ring (bicyclic) bond motifs is 2. The summed E-state index contributed by atoms with van der Waals surface area (Å²) in [5, 5.41) is 23.8. The van der Waals surface area contributed by atoms with Crippen molar-refractivity contribution in [2.45, 2.75) is 24.9 Å². The van der Waals surface area contributed by atoms with Crippen LogP contribution in [0.4, 0.5) is 0 Å². The highest BCUT2D eigenvalue weighted by atomic mass is 35.5. The zero-order valence-electron chi connectivity index (χ0n) is 21.1. The molecule has 1 unspecified atom stereocenters. The molecule has 1 aromatic carbocycles. The third-order valence-corrected chi connectivity index (χ3v) is 7.59. The number of allylic oxidation sites excluding steroid dienone is 5. The van der Waals surface area contributed by atoms with Gasteiger partial charge < -0.3 is 25.2 Å². The number of piperidine rings is 1. The summed E-state index contributed by atoms with van der Waals surface area (Å²) in [7, 11) is 0. The van der Waals surface area contributed by atoms with Crippen LogP contribution < -0.4 is 10.1 Å². The third-order valence-electron chi connectivity index (χ3n) is 7.34. The van der Waals surface area contributed by atoms with Gasteiger partial charge in [-0.15, -0.1) is 0 Å². The predicted octanol–water partition coefficient (Wildman–Crippen LogP) is 3.99.